The molecule has 5 rings (SSSR count). The molecule has 0 saturated carbocycles. The fourth-order valence-corrected chi connectivity index (χ4v) is 4.65. The first-order chi connectivity index (χ1) is 15.6. The van der Waals surface area contributed by atoms with Crippen molar-refractivity contribution in [3.8, 4) is 11.5 Å². The average molecular weight is 431 g/mol. The standard InChI is InChI=1S/C25H28BN2O4/c1-5-16-14-27-24(18(16)7-3)22-13-23(25-19(8-4)17(6-2)15-28-25)32-26(31-22)29-20-11-9-10-12-21(20)30-26/h9-15,27H,5-8H2,1-4H3/q-1. The van der Waals surface area contributed by atoms with Crippen molar-refractivity contribution >= 4 is 18.9 Å². The quantitative estimate of drug-likeness (QED) is 0.604. The summed E-state index contributed by atoms with van der Waals surface area (Å²) in [6.07, 6.45) is 9.50. The predicted octanol–water partition coefficient (Wildman–Crippen LogP) is 5.85. The van der Waals surface area contributed by atoms with Gasteiger partial charge in [-0.25, -0.2) is 0 Å². The maximum absolute atomic E-state index is 6.34. The van der Waals surface area contributed by atoms with Crippen LogP contribution in [0.5, 0.6) is 11.5 Å². The van der Waals surface area contributed by atoms with Crippen molar-refractivity contribution in [3.63, 3.8) is 0 Å². The van der Waals surface area contributed by atoms with E-state index in [2.05, 4.69) is 32.7 Å². The highest BCUT2D eigenvalue weighted by atomic mass is 16.9. The number of benzene rings is 1. The number of aryl methyl sites for hydroxylation is 1. The molecule has 166 valence electrons. The van der Waals surface area contributed by atoms with Gasteiger partial charge in [0.1, 0.15) is 28.7 Å². The highest BCUT2D eigenvalue weighted by Crippen LogP contribution is 2.44. The van der Waals surface area contributed by atoms with E-state index in [1.165, 1.54) is 22.3 Å². The summed E-state index contributed by atoms with van der Waals surface area (Å²) < 4.78 is 25.0. The molecule has 4 heterocycles. The molecule has 0 unspecified atom stereocenters. The molecule has 0 radical (unpaired) electrons. The predicted molar refractivity (Wildman–Crippen MR) is 126 cm³/mol. The Morgan fingerprint density at radius 3 is 2.25 bits per heavy atom. The highest BCUT2D eigenvalue weighted by Gasteiger charge is 2.51. The third-order valence-electron chi connectivity index (χ3n) is 6.25. The number of aromatic nitrogens is 1. The second kappa shape index (κ2) is 7.97. The lowest BCUT2D eigenvalue weighted by atomic mass is 9.97. The van der Waals surface area contributed by atoms with Gasteiger partial charge in [0.2, 0.25) is 0 Å². The molecule has 6 nitrogen and oxygen atoms in total. The summed E-state index contributed by atoms with van der Waals surface area (Å²) in [7, 11) is 0. The van der Waals surface area contributed by atoms with Gasteiger partial charge in [-0.15, -0.1) is 0 Å². The number of hydrogen-bond acceptors (Lipinski definition) is 5. The molecule has 0 fully saturated rings. The van der Waals surface area contributed by atoms with Crippen molar-refractivity contribution in [1.29, 1.82) is 0 Å². The van der Waals surface area contributed by atoms with Gasteiger partial charge in [-0.05, 0) is 60.1 Å². The van der Waals surface area contributed by atoms with E-state index in [0.29, 0.717) is 23.0 Å². The number of H-pyrrole nitrogens is 1. The van der Waals surface area contributed by atoms with Crippen LogP contribution in [-0.2, 0) is 22.2 Å². The van der Waals surface area contributed by atoms with Crippen LogP contribution in [0.4, 0.5) is 0 Å². The molecule has 1 spiro atoms. The minimum atomic E-state index is -2.55. The van der Waals surface area contributed by atoms with Crippen LogP contribution < -0.4 is 9.31 Å². The summed E-state index contributed by atoms with van der Waals surface area (Å²) in [5.74, 6) is 2.44. The second-order valence-electron chi connectivity index (χ2n) is 8.06. The van der Waals surface area contributed by atoms with Gasteiger partial charge in [0.25, 0.3) is 0 Å². The lowest BCUT2D eigenvalue weighted by Gasteiger charge is -2.40. The Kier molecular flexibility index (Phi) is 5.12. The van der Waals surface area contributed by atoms with Gasteiger partial charge in [0.05, 0.1) is 5.69 Å². The molecular weight excluding hydrogens is 403 g/mol. The topological polar surface area (TPSA) is 65.1 Å². The third kappa shape index (κ3) is 3.23. The zero-order valence-electron chi connectivity index (χ0n) is 19.0. The Bertz CT molecular complexity index is 1160. The summed E-state index contributed by atoms with van der Waals surface area (Å²) in [5, 5.41) is 0. The number of aromatic amines is 1. The van der Waals surface area contributed by atoms with Crippen molar-refractivity contribution in [2.75, 3.05) is 0 Å². The van der Waals surface area contributed by atoms with Crippen LogP contribution in [0.3, 0.4) is 0 Å². The molecule has 3 aliphatic heterocycles. The number of hydrogen-bond donors (Lipinski definition) is 1. The molecule has 7 heteroatoms. The van der Waals surface area contributed by atoms with E-state index in [-0.39, 0.29) is 0 Å². The van der Waals surface area contributed by atoms with Gasteiger partial charge >= 0.3 is 6.96 Å². The average Bonchev–Trinajstić information content (AvgIpc) is 3.51. The third-order valence-corrected chi connectivity index (χ3v) is 6.25. The summed E-state index contributed by atoms with van der Waals surface area (Å²) in [5.41, 5.74) is 6.64. The summed E-state index contributed by atoms with van der Waals surface area (Å²) in [6.45, 7) is 6.03. The van der Waals surface area contributed by atoms with Crippen molar-refractivity contribution in [1.82, 2.24) is 4.98 Å². The molecular formula is C25H28BN2O4-. The Morgan fingerprint density at radius 2 is 1.62 bits per heavy atom. The Hall–Kier alpha value is -3.35. The smallest absolute Gasteiger partial charge is 0.610 e. The van der Waals surface area contributed by atoms with E-state index in [1.807, 2.05) is 42.8 Å². The van der Waals surface area contributed by atoms with Crippen LogP contribution in [0.1, 0.15) is 57.4 Å². The Balaban J connectivity index is 1.65. The van der Waals surface area contributed by atoms with Crippen LogP contribution in [0.15, 0.2) is 64.1 Å². The normalized spacial score (nSPS) is 20.6. The highest BCUT2D eigenvalue weighted by molar-refractivity contribution is 6.58. The van der Waals surface area contributed by atoms with Gasteiger partial charge in [0, 0.05) is 18.5 Å². The SMILES string of the molecule is CCC1=C(CC)C(=C2C=C(c3[nH]cc(CC)c3CC)O[B-]3(O2)Oc2ccccc2O3)N=C1. The largest absolute Gasteiger partial charge is 0.777 e. The fourth-order valence-electron chi connectivity index (χ4n) is 4.65. The van der Waals surface area contributed by atoms with Crippen molar-refractivity contribution < 1.29 is 18.6 Å². The molecule has 0 aliphatic carbocycles. The van der Waals surface area contributed by atoms with Crippen LogP contribution >= 0.6 is 0 Å². The molecule has 0 amide bonds. The zero-order valence-corrected chi connectivity index (χ0v) is 19.0. The summed E-state index contributed by atoms with van der Waals surface area (Å²) in [6, 6.07) is 7.50. The lowest BCUT2D eigenvalue weighted by molar-refractivity contribution is 0.129. The minimum Gasteiger partial charge on any atom is -0.610 e. The van der Waals surface area contributed by atoms with E-state index >= 15 is 0 Å². The number of aliphatic imine (C=N–C) groups is 1. The number of rotatable bonds is 5. The molecule has 0 atom stereocenters. The van der Waals surface area contributed by atoms with Crippen molar-refractivity contribution in [3.05, 3.63) is 76.0 Å². The zero-order chi connectivity index (χ0) is 22.3. The number of fused-ring (bicyclic) bond motifs is 1. The van der Waals surface area contributed by atoms with E-state index < -0.39 is 6.96 Å². The Labute approximate surface area is 188 Å². The van der Waals surface area contributed by atoms with Crippen LogP contribution in [0.25, 0.3) is 5.76 Å². The lowest BCUT2D eigenvalue weighted by Crippen LogP contribution is -2.52. The number of nitrogens with one attached hydrogen (secondary N) is 1. The fraction of sp³-hybridized carbons (Fsp3) is 0.320. The molecule has 2 aromatic rings. The van der Waals surface area contributed by atoms with Crippen molar-refractivity contribution in [2.24, 2.45) is 4.99 Å². The number of nitrogens with zero attached hydrogens (tertiary/aromatic N) is 1. The first kappa shape index (κ1) is 20.6. The van der Waals surface area contributed by atoms with Crippen LogP contribution in [0.2, 0.25) is 0 Å². The monoisotopic (exact) mass is 431 g/mol. The molecule has 32 heavy (non-hydrogen) atoms. The number of para-hydroxylation sites is 2. The number of allylic oxidation sites excluding steroid dienone is 3. The molecule has 0 saturated heterocycles. The van der Waals surface area contributed by atoms with E-state index in [1.54, 1.807) is 0 Å². The van der Waals surface area contributed by atoms with Gasteiger partial charge in [-0.3, -0.25) is 4.99 Å². The molecule has 1 N–H and O–H groups in total. The van der Waals surface area contributed by atoms with Crippen LogP contribution in [-0.4, -0.2) is 18.2 Å². The molecule has 3 aliphatic rings. The van der Waals surface area contributed by atoms with Gasteiger partial charge < -0.3 is 23.6 Å². The first-order valence-corrected chi connectivity index (χ1v) is 11.5. The minimum absolute atomic E-state index is 0.602. The van der Waals surface area contributed by atoms with Gasteiger partial charge in [0.15, 0.2) is 0 Å². The van der Waals surface area contributed by atoms with Crippen LogP contribution in [0, 0.1) is 0 Å². The van der Waals surface area contributed by atoms with E-state index in [0.717, 1.165) is 37.1 Å². The Morgan fingerprint density at radius 1 is 0.875 bits per heavy atom. The van der Waals surface area contributed by atoms with Gasteiger partial charge in [-0.2, -0.15) is 0 Å². The van der Waals surface area contributed by atoms with E-state index in [4.69, 9.17) is 23.6 Å². The molecule has 0 bridgehead atoms. The second-order valence-corrected chi connectivity index (χ2v) is 8.06. The maximum Gasteiger partial charge on any atom is 0.777 e. The molecule has 1 aromatic heterocycles. The van der Waals surface area contributed by atoms with Crippen molar-refractivity contribution in [2.45, 2.75) is 53.4 Å². The first-order valence-electron chi connectivity index (χ1n) is 11.5. The summed E-state index contributed by atoms with van der Waals surface area (Å²) in [4.78, 5) is 8.11. The molecule has 1 aromatic carbocycles. The maximum atomic E-state index is 6.34. The summed E-state index contributed by atoms with van der Waals surface area (Å²) >= 11 is 0. The van der Waals surface area contributed by atoms with E-state index in [9.17, 15) is 0 Å². The van der Waals surface area contributed by atoms with Gasteiger partial charge in [-0.1, -0.05) is 39.8 Å².